The number of carbonyl (C=O) groups is 1. The Hall–Kier alpha value is -1.59. The fraction of sp³-hybridized carbons (Fsp3) is 0.800. The van der Waals surface area contributed by atoms with Gasteiger partial charge in [-0.25, -0.2) is 4.79 Å². The summed E-state index contributed by atoms with van der Waals surface area (Å²) in [6, 6.07) is -0.0753. The quantitative estimate of drug-likeness (QED) is 0.839. The summed E-state index contributed by atoms with van der Waals surface area (Å²) in [5, 5.41) is 10.9. The highest BCUT2D eigenvalue weighted by Gasteiger charge is 2.36. The number of carbonyl (C=O) groups excluding carboxylic acids is 1. The molecule has 2 rings (SSSR count). The Bertz CT molecular complexity index is 468. The molecule has 0 radical (unpaired) electrons. The molecule has 0 saturated heterocycles. The van der Waals surface area contributed by atoms with Gasteiger partial charge in [-0.2, -0.15) is 0 Å². The minimum absolute atomic E-state index is 0.0753. The number of urea groups is 1. The third-order valence-corrected chi connectivity index (χ3v) is 4.34. The van der Waals surface area contributed by atoms with Gasteiger partial charge in [-0.15, -0.1) is 10.2 Å². The van der Waals surface area contributed by atoms with E-state index in [0.29, 0.717) is 30.2 Å². The Labute approximate surface area is 126 Å². The number of amides is 2. The molecule has 1 aliphatic carbocycles. The molecule has 118 valence electrons. The van der Waals surface area contributed by atoms with Gasteiger partial charge in [-0.05, 0) is 24.7 Å². The second kappa shape index (κ2) is 6.91. The molecular formula is C15H26N4O2. The molecule has 21 heavy (non-hydrogen) atoms. The summed E-state index contributed by atoms with van der Waals surface area (Å²) >= 11 is 0. The van der Waals surface area contributed by atoms with Crippen LogP contribution in [0.25, 0.3) is 0 Å². The molecule has 1 aromatic heterocycles. The molecule has 0 unspecified atom stereocenters. The number of rotatable bonds is 7. The number of hydrogen-bond acceptors (Lipinski definition) is 4. The van der Waals surface area contributed by atoms with Crippen LogP contribution in [0.2, 0.25) is 0 Å². The molecule has 1 aliphatic rings. The topological polar surface area (TPSA) is 71.3 Å². The van der Waals surface area contributed by atoms with Crippen LogP contribution < -0.4 is 5.32 Å². The number of aryl methyl sites for hydroxylation is 1. The molecule has 1 saturated carbocycles. The van der Waals surface area contributed by atoms with Crippen molar-refractivity contribution in [2.45, 2.75) is 58.9 Å². The SMILES string of the molecule is CCCC1(CNC(=O)N(C)Cc2nnc(CC)o2)CCC1. The smallest absolute Gasteiger partial charge is 0.317 e. The van der Waals surface area contributed by atoms with Crippen LogP contribution in [0.3, 0.4) is 0 Å². The highest BCUT2D eigenvalue weighted by atomic mass is 16.4. The van der Waals surface area contributed by atoms with Gasteiger partial charge in [0.1, 0.15) is 6.54 Å². The summed E-state index contributed by atoms with van der Waals surface area (Å²) in [7, 11) is 1.75. The van der Waals surface area contributed by atoms with E-state index in [1.54, 1.807) is 11.9 Å². The first kappa shape index (κ1) is 15.8. The van der Waals surface area contributed by atoms with Crippen molar-refractivity contribution in [3.63, 3.8) is 0 Å². The van der Waals surface area contributed by atoms with Gasteiger partial charge in [0.2, 0.25) is 11.8 Å². The summed E-state index contributed by atoms with van der Waals surface area (Å²) < 4.78 is 5.43. The van der Waals surface area contributed by atoms with Crippen LogP contribution in [0.5, 0.6) is 0 Å². The highest BCUT2D eigenvalue weighted by Crippen LogP contribution is 2.44. The molecule has 0 spiro atoms. The fourth-order valence-corrected chi connectivity index (χ4v) is 2.89. The summed E-state index contributed by atoms with van der Waals surface area (Å²) in [4.78, 5) is 13.7. The summed E-state index contributed by atoms with van der Waals surface area (Å²) in [6.45, 7) is 5.28. The molecular weight excluding hydrogens is 268 g/mol. The molecule has 1 heterocycles. The third kappa shape index (κ3) is 3.95. The second-order valence-electron chi connectivity index (χ2n) is 6.06. The molecule has 1 aromatic rings. The Morgan fingerprint density at radius 2 is 2.05 bits per heavy atom. The molecule has 1 N–H and O–H groups in total. The molecule has 0 aromatic carbocycles. The first-order valence-corrected chi connectivity index (χ1v) is 7.89. The largest absolute Gasteiger partial charge is 0.423 e. The van der Waals surface area contributed by atoms with Crippen LogP contribution in [0, 0.1) is 5.41 Å². The van der Waals surface area contributed by atoms with Crippen molar-refractivity contribution in [2.24, 2.45) is 5.41 Å². The van der Waals surface area contributed by atoms with E-state index in [0.717, 1.165) is 6.54 Å². The van der Waals surface area contributed by atoms with Gasteiger partial charge in [0, 0.05) is 20.0 Å². The maximum absolute atomic E-state index is 12.1. The van der Waals surface area contributed by atoms with Crippen molar-refractivity contribution in [1.29, 1.82) is 0 Å². The fourth-order valence-electron chi connectivity index (χ4n) is 2.89. The van der Waals surface area contributed by atoms with Crippen LogP contribution in [-0.2, 0) is 13.0 Å². The zero-order chi connectivity index (χ0) is 15.3. The number of nitrogens with zero attached hydrogens (tertiary/aromatic N) is 3. The Kier molecular flexibility index (Phi) is 5.20. The van der Waals surface area contributed by atoms with Gasteiger partial charge in [-0.3, -0.25) is 0 Å². The predicted molar refractivity (Wildman–Crippen MR) is 79.7 cm³/mol. The van der Waals surface area contributed by atoms with E-state index >= 15 is 0 Å². The zero-order valence-corrected chi connectivity index (χ0v) is 13.3. The van der Waals surface area contributed by atoms with E-state index in [1.807, 2.05) is 6.92 Å². The Morgan fingerprint density at radius 1 is 1.33 bits per heavy atom. The predicted octanol–water partition coefficient (Wildman–Crippen LogP) is 2.74. The van der Waals surface area contributed by atoms with Crippen LogP contribution in [0.15, 0.2) is 4.42 Å². The maximum atomic E-state index is 12.1. The third-order valence-electron chi connectivity index (χ3n) is 4.34. The maximum Gasteiger partial charge on any atom is 0.317 e. The van der Waals surface area contributed by atoms with Crippen molar-refractivity contribution in [1.82, 2.24) is 20.4 Å². The lowest BCUT2D eigenvalue weighted by molar-refractivity contribution is 0.113. The van der Waals surface area contributed by atoms with Crippen molar-refractivity contribution in [2.75, 3.05) is 13.6 Å². The Morgan fingerprint density at radius 3 is 2.57 bits per heavy atom. The monoisotopic (exact) mass is 294 g/mol. The van der Waals surface area contributed by atoms with Gasteiger partial charge in [0.25, 0.3) is 0 Å². The number of aromatic nitrogens is 2. The van der Waals surface area contributed by atoms with Crippen molar-refractivity contribution >= 4 is 6.03 Å². The highest BCUT2D eigenvalue weighted by molar-refractivity contribution is 5.73. The van der Waals surface area contributed by atoms with E-state index in [-0.39, 0.29) is 6.03 Å². The van der Waals surface area contributed by atoms with Crippen LogP contribution in [0.1, 0.15) is 57.7 Å². The average Bonchev–Trinajstić information content (AvgIpc) is 2.88. The van der Waals surface area contributed by atoms with E-state index in [4.69, 9.17) is 4.42 Å². The molecule has 1 fully saturated rings. The Balaban J connectivity index is 1.79. The molecule has 6 heteroatoms. The zero-order valence-electron chi connectivity index (χ0n) is 13.3. The molecule has 0 atom stereocenters. The molecule has 2 amide bonds. The van der Waals surface area contributed by atoms with Gasteiger partial charge in [-0.1, -0.05) is 26.7 Å². The molecule has 0 bridgehead atoms. The van der Waals surface area contributed by atoms with Crippen molar-refractivity contribution in [3.8, 4) is 0 Å². The molecule has 6 nitrogen and oxygen atoms in total. The standard InChI is InChI=1S/C15H26N4O2/c1-4-7-15(8-6-9-15)11-16-14(20)19(3)10-13-18-17-12(5-2)21-13/h4-11H2,1-3H3,(H,16,20). The average molecular weight is 294 g/mol. The summed E-state index contributed by atoms with van der Waals surface area (Å²) in [5.41, 5.74) is 0.338. The van der Waals surface area contributed by atoms with Gasteiger partial charge in [0.15, 0.2) is 0 Å². The number of hydrogen-bond donors (Lipinski definition) is 1. The molecule has 0 aliphatic heterocycles. The minimum Gasteiger partial charge on any atom is -0.423 e. The first-order chi connectivity index (χ1) is 10.1. The van der Waals surface area contributed by atoms with Gasteiger partial charge in [0.05, 0.1) is 0 Å². The first-order valence-electron chi connectivity index (χ1n) is 7.89. The number of nitrogens with one attached hydrogen (secondary N) is 1. The lowest BCUT2D eigenvalue weighted by Gasteiger charge is -2.42. The van der Waals surface area contributed by atoms with Crippen LogP contribution in [0.4, 0.5) is 4.79 Å². The van der Waals surface area contributed by atoms with Crippen LogP contribution in [-0.4, -0.2) is 34.7 Å². The van der Waals surface area contributed by atoms with Gasteiger partial charge < -0.3 is 14.6 Å². The minimum atomic E-state index is -0.0753. The normalized spacial score (nSPS) is 16.3. The summed E-state index contributed by atoms with van der Waals surface area (Å²) in [5.74, 6) is 1.09. The lowest BCUT2D eigenvalue weighted by atomic mass is 9.66. The second-order valence-corrected chi connectivity index (χ2v) is 6.06. The van der Waals surface area contributed by atoms with E-state index in [1.165, 1.54) is 32.1 Å². The van der Waals surface area contributed by atoms with Crippen molar-refractivity contribution < 1.29 is 9.21 Å². The van der Waals surface area contributed by atoms with E-state index in [2.05, 4.69) is 22.4 Å². The van der Waals surface area contributed by atoms with Crippen molar-refractivity contribution in [3.05, 3.63) is 11.8 Å². The van der Waals surface area contributed by atoms with E-state index in [9.17, 15) is 4.79 Å². The summed E-state index contributed by atoms with van der Waals surface area (Å²) in [6.07, 6.45) is 6.83. The van der Waals surface area contributed by atoms with E-state index < -0.39 is 0 Å². The van der Waals surface area contributed by atoms with Gasteiger partial charge >= 0.3 is 6.03 Å². The van der Waals surface area contributed by atoms with Crippen LogP contribution >= 0.6 is 0 Å². The lowest BCUT2D eigenvalue weighted by Crippen LogP contribution is -2.45.